The molecular formula is C78H108N24O21. The van der Waals surface area contributed by atoms with E-state index < -0.39 is 54.0 Å². The number of ether oxygens (including phenoxy) is 15. The van der Waals surface area contributed by atoms with Crippen molar-refractivity contribution < 1.29 is 100 Å². The summed E-state index contributed by atoms with van der Waals surface area (Å²) in [5.74, 6) is -3.12. The summed E-state index contributed by atoms with van der Waals surface area (Å²) < 4.78 is 95.7. The third kappa shape index (κ3) is 17.4. The van der Waals surface area contributed by atoms with Crippen molar-refractivity contribution in [3.63, 3.8) is 0 Å². The van der Waals surface area contributed by atoms with Crippen LogP contribution in [-0.4, -0.2) is 286 Å². The number of ketones is 1. The third-order valence-corrected chi connectivity index (χ3v) is 24.4. The van der Waals surface area contributed by atoms with Crippen molar-refractivity contribution in [2.24, 2.45) is 29.4 Å². The molecule has 13 N–H and O–H groups in total. The second-order valence-electron chi connectivity index (χ2n) is 34.8. The normalized spacial score (nSPS) is 33.0. The van der Waals surface area contributed by atoms with Gasteiger partial charge in [0.25, 0.3) is 0 Å². The number of methoxy groups -OCH3 is 3. The summed E-state index contributed by atoms with van der Waals surface area (Å²) in [5.41, 5.74) is 33.9. The van der Waals surface area contributed by atoms with Crippen molar-refractivity contribution in [3.05, 3.63) is 50.6 Å². The van der Waals surface area contributed by atoms with Crippen molar-refractivity contribution in [1.82, 2.24) is 93.6 Å². The largest absolute Gasteiger partial charge is 0.481 e. The highest BCUT2D eigenvalue weighted by Gasteiger charge is 2.61. The van der Waals surface area contributed by atoms with Gasteiger partial charge in [-0.3, -0.25) is 47.1 Å². The zero-order valence-corrected chi connectivity index (χ0v) is 70.6. The fraction of sp³-hybridized carbons (Fsp3) is 0.679. The lowest BCUT2D eigenvalue weighted by Gasteiger charge is -2.45. The topological polar surface area (TPSA) is 576 Å². The molecule has 45 heteroatoms. The number of esters is 3. The first kappa shape index (κ1) is 86.8. The van der Waals surface area contributed by atoms with Crippen molar-refractivity contribution in [2.75, 3.05) is 70.4 Å². The number of hydrogen-bond donors (Lipinski definition) is 8. The van der Waals surface area contributed by atoms with Crippen LogP contribution in [-0.2, 0) is 95.0 Å². The monoisotopic (exact) mass is 1720 g/mol. The number of carboxylic acid groups (broad SMARTS) is 1. The van der Waals surface area contributed by atoms with E-state index in [4.69, 9.17) is 100 Å². The molecule has 16 heterocycles. The molecule has 8 aromatic rings. The Kier molecular flexibility index (Phi) is 24.2. The lowest BCUT2D eigenvalue weighted by molar-refractivity contribution is -0.199. The van der Waals surface area contributed by atoms with Crippen LogP contribution < -0.4 is 39.3 Å². The highest BCUT2D eigenvalue weighted by atomic mass is 16.8. The number of hydrogen-bond acceptors (Lipinski definition) is 40. The van der Waals surface area contributed by atoms with Gasteiger partial charge < -0.3 is 115 Å². The number of nitrogens with two attached hydrogens (primary N) is 5. The number of nitrogen functional groups attached to an aromatic ring is 4. The van der Waals surface area contributed by atoms with Crippen LogP contribution in [0.3, 0.4) is 0 Å². The zero-order valence-electron chi connectivity index (χ0n) is 70.6. The summed E-state index contributed by atoms with van der Waals surface area (Å²) in [6.07, 6.45) is 12.4. The highest BCUT2D eigenvalue weighted by Crippen LogP contribution is 2.50. The second-order valence-corrected chi connectivity index (χ2v) is 34.8. The number of anilines is 4. The zero-order chi connectivity index (χ0) is 87.2. The van der Waals surface area contributed by atoms with Gasteiger partial charge in [0.15, 0.2) is 93.9 Å². The summed E-state index contributed by atoms with van der Waals surface area (Å²) >= 11 is 0. The van der Waals surface area contributed by atoms with Crippen LogP contribution >= 0.6 is 0 Å². The number of nitrogens with zero attached hydrogens (tertiary/aromatic N) is 17. The average Bonchev–Trinajstić information content (AvgIpc) is 1.60. The number of carboxylic acids is 1. The van der Waals surface area contributed by atoms with Gasteiger partial charge in [-0.05, 0) is 108 Å². The maximum absolute atomic E-state index is 11.9. The standard InChI is InChI=1S/C22H32N6O5.C19H26N6O5.C18H24N6O5.C13H18N6O3.C6H8O3/c1-11(2)27(13-6-12(7-13)21(29)30-5)8-14-16-17(33-22(3,4)32-16)20(31-14)28-10-26-15-18(23)24-9-25-19(15)28;1-19(2)29-13-11(6-21-10-4-9(5-10)18(26)27-3)28-17(14(13)30-19)25-8-24-12-15(20)22-7-23-16(12)25;1-18(2)28-12-10(5-20-9-3-8(4-9)17(25)26)27-16(13(12)29-18)24-7-23-11-14(19)21-6-22-15(11)24;1-13(2)21-8-6(3-14)20-12(9(8)22-13)19-5-18-7-10(15)16-4-17-11(7)19;1-9-6(8)4-2-5(7)3-4/h9-14,16-17,20H,6-8H2,1-5H3,(H2,23,24,25);7-11,13-14,17,21H,4-6H2,1-3H3,(H2,20,22,23);6-10,12-13,16,20H,3-5H2,1-2H3,(H,25,26)(H2,19,21,22);4-6,8-9,12H,3,14H2,1-2H3,(H2,15,16,17);4H,2-3H2,1H3/t12?,13?,14-,16-,17-,20-;9?,10?,11-,13-,14-,17-;8?,9?,10-,12-,13-,16-;6-,8-,9-,12-;/m1111./s1. The van der Waals surface area contributed by atoms with Crippen LogP contribution in [0.25, 0.3) is 44.7 Å². The molecule has 0 aromatic carbocycles. The Morgan fingerprint density at radius 1 is 0.439 bits per heavy atom. The van der Waals surface area contributed by atoms with E-state index in [1.165, 1.54) is 46.6 Å². The molecule has 4 saturated carbocycles. The molecule has 0 radical (unpaired) electrons. The number of carbonyl (C=O) groups excluding carboxylic acids is 4. The van der Waals surface area contributed by atoms with Crippen molar-refractivity contribution in [1.29, 1.82) is 0 Å². The summed E-state index contributed by atoms with van der Waals surface area (Å²) in [6, 6.07) is 1.01. The second kappa shape index (κ2) is 34.3. The molecule has 4 aliphatic carbocycles. The molecule has 8 aliphatic heterocycles. The molecule has 8 aromatic heterocycles. The van der Waals surface area contributed by atoms with E-state index in [-0.39, 0.29) is 139 Å². The number of rotatable bonds is 19. The quantitative estimate of drug-likeness (QED) is 0.0424. The van der Waals surface area contributed by atoms with Crippen molar-refractivity contribution >= 4 is 97.6 Å². The molecule has 12 aliphatic rings. The first-order chi connectivity index (χ1) is 58.6. The molecule has 0 amide bonds. The van der Waals surface area contributed by atoms with Gasteiger partial charge in [0, 0.05) is 63.2 Å². The fourth-order valence-electron chi connectivity index (χ4n) is 18.1. The third-order valence-electron chi connectivity index (χ3n) is 24.4. The van der Waals surface area contributed by atoms with Crippen LogP contribution in [0.4, 0.5) is 23.3 Å². The Morgan fingerprint density at radius 3 is 1.05 bits per heavy atom. The summed E-state index contributed by atoms with van der Waals surface area (Å²) in [4.78, 5) is 108. The molecule has 16 atom stereocenters. The Balaban J connectivity index is 0.000000118. The summed E-state index contributed by atoms with van der Waals surface area (Å²) in [6.45, 7) is 21.6. The van der Waals surface area contributed by atoms with E-state index >= 15 is 0 Å². The number of aliphatic carboxylic acids is 1. The maximum Gasteiger partial charge on any atom is 0.309 e. The number of imidazole rings is 4. The number of aromatic nitrogens is 16. The molecule has 45 nitrogen and oxygen atoms in total. The minimum atomic E-state index is -0.734. The van der Waals surface area contributed by atoms with Crippen LogP contribution in [0.15, 0.2) is 50.6 Å². The number of nitrogens with one attached hydrogen (secondary N) is 2. The predicted molar refractivity (Wildman–Crippen MR) is 428 cm³/mol. The Hall–Kier alpha value is -9.69. The van der Waals surface area contributed by atoms with Crippen molar-refractivity contribution in [2.45, 2.75) is 266 Å². The van der Waals surface area contributed by atoms with E-state index in [1.807, 2.05) is 64.5 Å². The molecule has 20 rings (SSSR count). The smallest absolute Gasteiger partial charge is 0.309 e. The van der Waals surface area contributed by atoms with Crippen molar-refractivity contribution in [3.8, 4) is 0 Å². The maximum atomic E-state index is 11.9. The molecule has 666 valence electrons. The van der Waals surface area contributed by atoms with Gasteiger partial charge in [-0.1, -0.05) is 0 Å². The number of Topliss-reactive ketones (excluding diaryl/α,β-unsaturated/α-hetero) is 1. The Bertz CT molecular complexity index is 5180. The van der Waals surface area contributed by atoms with Gasteiger partial charge >= 0.3 is 23.9 Å². The fourth-order valence-corrected chi connectivity index (χ4v) is 18.1. The molecule has 8 saturated heterocycles. The van der Waals surface area contributed by atoms with Gasteiger partial charge in [-0.25, -0.2) is 59.8 Å². The summed E-state index contributed by atoms with van der Waals surface area (Å²) in [5, 5.41) is 15.9. The minimum absolute atomic E-state index is 0.0232. The molecule has 123 heavy (non-hydrogen) atoms. The number of carbonyl (C=O) groups is 5. The van der Waals surface area contributed by atoms with E-state index in [0.29, 0.717) is 126 Å². The lowest BCUT2D eigenvalue weighted by atomic mass is 9.78. The molecule has 0 unspecified atom stereocenters. The van der Waals surface area contributed by atoms with Gasteiger partial charge in [-0.15, -0.1) is 0 Å². The summed E-state index contributed by atoms with van der Waals surface area (Å²) in [7, 11) is 4.21. The van der Waals surface area contributed by atoms with Crippen LogP contribution in [0.1, 0.15) is 146 Å². The Labute approximate surface area is 705 Å². The molecular weight excluding hydrogens is 1610 g/mol. The van der Waals surface area contributed by atoms with Gasteiger partial charge in [0.2, 0.25) is 0 Å². The van der Waals surface area contributed by atoms with E-state index in [0.717, 1.165) is 25.7 Å². The molecule has 12 fully saturated rings. The lowest BCUT2D eigenvalue weighted by Crippen LogP contribution is -2.53. The molecule has 0 spiro atoms. The molecule has 0 bridgehead atoms. The Morgan fingerprint density at radius 2 is 0.732 bits per heavy atom. The number of fused-ring (bicyclic) bond motifs is 8. The van der Waals surface area contributed by atoms with Crippen LogP contribution in [0.2, 0.25) is 0 Å². The van der Waals surface area contributed by atoms with E-state index in [9.17, 15) is 24.0 Å². The van der Waals surface area contributed by atoms with Crippen LogP contribution in [0, 0.1) is 23.7 Å². The minimum Gasteiger partial charge on any atom is -0.481 e. The average molecular weight is 1720 g/mol. The van der Waals surface area contributed by atoms with Gasteiger partial charge in [0.1, 0.15) is 126 Å². The highest BCUT2D eigenvalue weighted by molar-refractivity contribution is 5.94. The van der Waals surface area contributed by atoms with Gasteiger partial charge in [0.05, 0.1) is 70.3 Å². The predicted octanol–water partition coefficient (Wildman–Crippen LogP) is 2.06. The van der Waals surface area contributed by atoms with E-state index in [1.54, 1.807) is 34.4 Å². The first-order valence-corrected chi connectivity index (χ1v) is 41.3. The SMILES string of the molecule is CC1(C)O[C@@H]2[C@H](O1)[C@@H](CN)O[C@H]2n1cnc2c(N)ncnc21.CC1(C)O[C@@H]2[C@H](O1)[C@@H](CNC1CC(C(=O)O)C1)O[C@H]2n1cnc2c(N)ncnc21.COC(=O)C1CC(=O)C1.COC(=O)C1CC(N(C[C@H]2O[C@@H](n3cnc4c(N)ncnc43)[C@@H]3OC(C)(C)O[C@@H]32)C(C)C)C1.COC(=O)C1CC(NC[C@H]2O[C@@H](n3cnc4c(N)ncnc43)[C@@H]3OC(C)(C)O[C@@H]32)C1. The van der Waals surface area contributed by atoms with Crippen LogP contribution in [0.5, 0.6) is 0 Å². The van der Waals surface area contributed by atoms with Gasteiger partial charge in [-0.2, -0.15) is 0 Å². The van der Waals surface area contributed by atoms with E-state index in [2.05, 4.69) is 93.9 Å². The first-order valence-electron chi connectivity index (χ1n) is 41.3.